The van der Waals surface area contributed by atoms with E-state index in [9.17, 15) is 44.4 Å². The Kier molecular flexibility index (Phi) is 12.0. The fourth-order valence-corrected chi connectivity index (χ4v) is 8.35. The zero-order chi connectivity index (χ0) is 42.0. The van der Waals surface area contributed by atoms with E-state index in [2.05, 4.69) is 40.5 Å². The largest absolute Gasteiger partial charge is 0.744 e. The number of aryl methyl sites for hydroxylation is 2. The normalized spacial score (nSPS) is 12.5. The summed E-state index contributed by atoms with van der Waals surface area (Å²) in [5.74, 6) is 0. The highest BCUT2D eigenvalue weighted by molar-refractivity contribution is 7.94. The molecule has 0 aliphatic carbocycles. The number of nitrogens with zero attached hydrogens (tertiary/aromatic N) is 4. The van der Waals surface area contributed by atoms with E-state index in [0.717, 1.165) is 18.2 Å². The molecule has 0 saturated heterocycles. The zero-order valence-corrected chi connectivity index (χ0v) is 32.8. The van der Waals surface area contributed by atoms with Gasteiger partial charge < -0.3 is 29.5 Å². The lowest BCUT2D eigenvalue weighted by Crippen LogP contribution is -2.19. The van der Waals surface area contributed by atoms with Crippen molar-refractivity contribution in [2.45, 2.75) is 33.4 Å². The van der Waals surface area contributed by atoms with Crippen LogP contribution in [0.2, 0.25) is 0 Å². The fraction of sp³-hybridized carbons (Fsp3) is 0.0571. The standard InChI is InChI=1S/C35H28N6O13S4/c1-19-13-21(9-11-29(19)40-38-23-15-27-25(33(17-23)57(47,48)49)5-3-7-31(27)55-54-53-43)36-35(42)37-22-10-12-30(20(2)14-22)41-39-24-16-28-26(34(18-24)58(50,51)52)6-4-8-32(28)56(44,45)46/h3-18,43H,1-2H3,(H2,36,37,42)(H,44,45,46)(H,47,48,49)(H,50,51,52)/p-2. The summed E-state index contributed by atoms with van der Waals surface area (Å²) in [6.07, 6.45) is 0. The van der Waals surface area contributed by atoms with Crippen LogP contribution in [0.4, 0.5) is 38.9 Å². The molecule has 0 aliphatic heterocycles. The molecule has 0 saturated carbocycles. The molecule has 0 heterocycles. The molecule has 0 spiro atoms. The summed E-state index contributed by atoms with van der Waals surface area (Å²) >= 11 is 0.512. The molecule has 0 atom stereocenters. The Morgan fingerprint density at radius 1 is 0.621 bits per heavy atom. The Bertz CT molecular complexity index is 3030. The van der Waals surface area contributed by atoms with Crippen molar-refractivity contribution >= 4 is 104 Å². The number of azo groups is 2. The van der Waals surface area contributed by atoms with Gasteiger partial charge in [-0.3, -0.25) is 5.04 Å². The lowest BCUT2D eigenvalue weighted by molar-refractivity contribution is -0.777. The van der Waals surface area contributed by atoms with Crippen molar-refractivity contribution in [2.24, 2.45) is 20.5 Å². The van der Waals surface area contributed by atoms with Gasteiger partial charge in [0.15, 0.2) is 4.90 Å². The number of hydrogen-bond donors (Lipinski definition) is 2. The van der Waals surface area contributed by atoms with Crippen LogP contribution in [0.3, 0.4) is 0 Å². The van der Waals surface area contributed by atoms with Crippen LogP contribution in [0.1, 0.15) is 11.1 Å². The summed E-state index contributed by atoms with van der Waals surface area (Å²) in [5, 5.41) is 35.5. The first-order valence-electron chi connectivity index (χ1n) is 16.1. The summed E-state index contributed by atoms with van der Waals surface area (Å²) in [7, 11) is -14.6. The summed E-state index contributed by atoms with van der Waals surface area (Å²) in [4.78, 5) is 11.4. The van der Waals surface area contributed by atoms with E-state index in [1.165, 1.54) is 60.7 Å². The number of urea groups is 1. The van der Waals surface area contributed by atoms with Crippen molar-refractivity contribution in [1.82, 2.24) is 0 Å². The van der Waals surface area contributed by atoms with Gasteiger partial charge in [-0.1, -0.05) is 24.3 Å². The molecule has 300 valence electrons. The van der Waals surface area contributed by atoms with Crippen molar-refractivity contribution < 1.29 is 58.3 Å². The average molecular weight is 867 g/mol. The number of carbonyl (C=O) groups is 1. The van der Waals surface area contributed by atoms with E-state index in [0.29, 0.717) is 45.9 Å². The molecular formula is C35H26N6O13S4-2. The second-order valence-electron chi connectivity index (χ2n) is 12.2. The van der Waals surface area contributed by atoms with Gasteiger partial charge in [0.1, 0.15) is 20.2 Å². The molecule has 6 rings (SSSR count). The predicted octanol–water partition coefficient (Wildman–Crippen LogP) is 6.54. The number of hydrogen-bond acceptors (Lipinski definition) is 17. The van der Waals surface area contributed by atoms with Gasteiger partial charge in [0.25, 0.3) is 0 Å². The van der Waals surface area contributed by atoms with Gasteiger partial charge >= 0.3 is 16.1 Å². The van der Waals surface area contributed by atoms with Crippen molar-refractivity contribution in [3.63, 3.8) is 0 Å². The number of benzene rings is 6. The first-order valence-corrected chi connectivity index (χ1v) is 21.2. The van der Waals surface area contributed by atoms with Gasteiger partial charge in [-0.15, -0.1) is 8.42 Å². The summed E-state index contributed by atoms with van der Waals surface area (Å²) < 4.78 is 108. The molecule has 0 fully saturated rings. The van der Waals surface area contributed by atoms with Crippen molar-refractivity contribution in [3.05, 3.63) is 108 Å². The molecule has 2 amide bonds. The Morgan fingerprint density at radius 2 is 1.12 bits per heavy atom. The highest BCUT2D eigenvalue weighted by Gasteiger charge is 2.22. The number of nitrogens with one attached hydrogen (secondary N) is 2. The third-order valence-corrected chi connectivity index (χ3v) is 11.6. The van der Waals surface area contributed by atoms with Gasteiger partial charge in [0, 0.05) is 37.8 Å². The fourth-order valence-electron chi connectivity index (χ4n) is 5.71. The van der Waals surface area contributed by atoms with Gasteiger partial charge in [-0.2, -0.15) is 24.8 Å². The SMILES string of the molecule is Cc1cc(NC(=O)Nc2ccc(N=Nc3cc(S(=O)(=O)[OH2+])c4cccc(S(=O)(=O)[O-])c4c3)c(C)c2)ccc1N=Nc1cc(S(=O)(=O)[O-])c2cccc(SOO[O-])c2c1. The Balaban J connectivity index is 1.16. The Labute approximate surface area is 333 Å². The maximum absolute atomic E-state index is 12.9. The molecule has 19 nitrogen and oxygen atoms in total. The molecule has 0 bridgehead atoms. The van der Waals surface area contributed by atoms with Gasteiger partial charge in [0.2, 0.25) is 0 Å². The molecule has 0 unspecified atom stereocenters. The van der Waals surface area contributed by atoms with Crippen molar-refractivity contribution in [2.75, 3.05) is 10.6 Å². The molecule has 6 aromatic carbocycles. The zero-order valence-electron chi connectivity index (χ0n) is 29.6. The minimum absolute atomic E-state index is 0.0104. The molecular weight excluding hydrogens is 841 g/mol. The minimum atomic E-state index is -5.01. The number of carbonyl (C=O) groups excluding carboxylic acids is 1. The van der Waals surface area contributed by atoms with Crippen LogP contribution >= 0.6 is 12.0 Å². The molecule has 0 radical (unpaired) electrons. The molecule has 6 aromatic rings. The number of amides is 2. The Morgan fingerprint density at radius 3 is 1.62 bits per heavy atom. The van der Waals surface area contributed by atoms with Crippen LogP contribution < -0.4 is 15.9 Å². The van der Waals surface area contributed by atoms with E-state index in [1.807, 2.05) is 0 Å². The first kappa shape index (κ1) is 41.9. The molecule has 4 N–H and O–H groups in total. The van der Waals surface area contributed by atoms with Crippen LogP contribution in [0.25, 0.3) is 21.5 Å². The first-order chi connectivity index (χ1) is 27.3. The highest BCUT2D eigenvalue weighted by Crippen LogP contribution is 2.37. The van der Waals surface area contributed by atoms with Crippen molar-refractivity contribution in [3.8, 4) is 0 Å². The number of anilines is 2. The monoisotopic (exact) mass is 866 g/mol. The van der Waals surface area contributed by atoms with Crippen LogP contribution in [0.15, 0.2) is 137 Å². The molecule has 0 aliphatic rings. The highest BCUT2D eigenvalue weighted by atomic mass is 32.2. The molecule has 58 heavy (non-hydrogen) atoms. The third-order valence-electron chi connectivity index (χ3n) is 8.24. The lowest BCUT2D eigenvalue weighted by atomic mass is 10.1. The van der Waals surface area contributed by atoms with Gasteiger partial charge in [-0.25, -0.2) is 21.6 Å². The average Bonchev–Trinajstić information content (AvgIpc) is 3.14. The summed E-state index contributed by atoms with van der Waals surface area (Å²) in [6.45, 7) is 3.34. The quantitative estimate of drug-likeness (QED) is 0.0330. The van der Waals surface area contributed by atoms with Crippen LogP contribution in [0, 0.1) is 13.8 Å². The predicted molar refractivity (Wildman–Crippen MR) is 206 cm³/mol. The summed E-state index contributed by atoms with van der Waals surface area (Å²) in [6, 6.07) is 21.3. The number of fused-ring (bicyclic) bond motifs is 2. The van der Waals surface area contributed by atoms with Crippen molar-refractivity contribution in [1.29, 1.82) is 0 Å². The summed E-state index contributed by atoms with van der Waals surface area (Å²) in [5.41, 5.74) is 2.34. The second kappa shape index (κ2) is 16.6. The van der Waals surface area contributed by atoms with Gasteiger partial charge in [0.05, 0.1) is 44.6 Å². The smallest absolute Gasteiger partial charge is 0.409 e. The lowest BCUT2D eigenvalue weighted by Gasteiger charge is -2.14. The van der Waals surface area contributed by atoms with E-state index in [-0.39, 0.29) is 37.8 Å². The van der Waals surface area contributed by atoms with E-state index in [4.69, 9.17) is 4.55 Å². The third kappa shape index (κ3) is 9.68. The Hall–Kier alpha value is -5.73. The van der Waals surface area contributed by atoms with Gasteiger partial charge in [-0.05, 0) is 97.8 Å². The minimum Gasteiger partial charge on any atom is -0.744 e. The van der Waals surface area contributed by atoms with E-state index >= 15 is 0 Å². The van der Waals surface area contributed by atoms with Crippen LogP contribution in [0.5, 0.6) is 0 Å². The van der Waals surface area contributed by atoms with E-state index in [1.54, 1.807) is 32.0 Å². The van der Waals surface area contributed by atoms with Crippen LogP contribution in [-0.4, -0.2) is 44.9 Å². The molecule has 23 heteroatoms. The maximum atomic E-state index is 12.9. The van der Waals surface area contributed by atoms with E-state index < -0.39 is 51.1 Å². The second-order valence-corrected chi connectivity index (χ2v) is 17.1. The number of rotatable bonds is 12. The topological polar surface area (TPSA) is 304 Å². The maximum Gasteiger partial charge on any atom is 0.409 e. The van der Waals surface area contributed by atoms with Crippen LogP contribution in [-0.2, 0) is 39.7 Å². The molecule has 0 aromatic heterocycles.